The first kappa shape index (κ1) is 48.2. The Kier molecular flexibility index (Phi) is 32.5. The van der Waals surface area contributed by atoms with Crippen LogP contribution in [0.5, 0.6) is 0 Å². The number of quaternary nitrogens is 1. The van der Waals surface area contributed by atoms with E-state index >= 15 is 0 Å². The molecule has 0 aliphatic rings. The van der Waals surface area contributed by atoms with E-state index in [1.54, 1.807) is 0 Å². The highest BCUT2D eigenvalue weighted by Gasteiger charge is 2.25. The summed E-state index contributed by atoms with van der Waals surface area (Å²) in [6.07, 6.45) is 34.6. The highest BCUT2D eigenvalue weighted by Crippen LogP contribution is 2.12. The number of carboxylic acid groups (broad SMARTS) is 1. The van der Waals surface area contributed by atoms with Crippen LogP contribution in [0.1, 0.15) is 142 Å². The molecule has 0 aliphatic heterocycles. The Morgan fingerprint density at radius 2 is 1.12 bits per heavy atom. The average molecular weight is 721 g/mol. The van der Waals surface area contributed by atoms with Gasteiger partial charge in [0.25, 0.3) is 6.29 Å². The Morgan fingerprint density at radius 3 is 1.69 bits per heavy atom. The SMILES string of the molecule is CC/C=C\C/C=C\C/C=C\CCCCCCCC(=O)OC(COC(=O)CCCCCCC/C=C\CCCC)COC(OCC[N+](C)(C)C)C(=O)O. The lowest BCUT2D eigenvalue weighted by molar-refractivity contribution is -0.870. The quantitative estimate of drug-likeness (QED) is 0.0227. The van der Waals surface area contributed by atoms with Gasteiger partial charge in [-0.2, -0.15) is 0 Å². The number of esters is 2. The summed E-state index contributed by atoms with van der Waals surface area (Å²) in [6.45, 7) is 4.66. The van der Waals surface area contributed by atoms with Crippen LogP contribution in [0.25, 0.3) is 0 Å². The van der Waals surface area contributed by atoms with Crippen molar-refractivity contribution in [1.29, 1.82) is 0 Å². The van der Waals surface area contributed by atoms with Gasteiger partial charge in [0.1, 0.15) is 13.2 Å². The molecule has 2 unspecified atom stereocenters. The van der Waals surface area contributed by atoms with Crippen molar-refractivity contribution < 1.29 is 42.9 Å². The van der Waals surface area contributed by atoms with Crippen LogP contribution >= 0.6 is 0 Å². The molecular formula is C42H74NO8+. The normalized spacial score (nSPS) is 13.5. The van der Waals surface area contributed by atoms with Crippen molar-refractivity contribution in [2.45, 2.75) is 155 Å². The summed E-state index contributed by atoms with van der Waals surface area (Å²) in [7, 11) is 5.93. The summed E-state index contributed by atoms with van der Waals surface area (Å²) in [6, 6.07) is 0. The Bertz CT molecular complexity index is 982. The summed E-state index contributed by atoms with van der Waals surface area (Å²) in [4.78, 5) is 36.9. The second-order valence-electron chi connectivity index (χ2n) is 14.2. The molecule has 0 spiro atoms. The maximum Gasteiger partial charge on any atom is 0.361 e. The lowest BCUT2D eigenvalue weighted by Crippen LogP contribution is -2.40. The van der Waals surface area contributed by atoms with E-state index < -0.39 is 24.3 Å². The Hall–Kier alpha value is -2.75. The van der Waals surface area contributed by atoms with E-state index in [9.17, 15) is 19.5 Å². The molecule has 0 aliphatic carbocycles. The Labute approximate surface area is 311 Å². The monoisotopic (exact) mass is 721 g/mol. The molecule has 0 aromatic carbocycles. The summed E-state index contributed by atoms with van der Waals surface area (Å²) >= 11 is 0. The van der Waals surface area contributed by atoms with Gasteiger partial charge in [-0.05, 0) is 64.2 Å². The van der Waals surface area contributed by atoms with Gasteiger partial charge >= 0.3 is 17.9 Å². The predicted molar refractivity (Wildman–Crippen MR) is 207 cm³/mol. The molecule has 1 N–H and O–H groups in total. The predicted octanol–water partition coefficient (Wildman–Crippen LogP) is 9.66. The van der Waals surface area contributed by atoms with Gasteiger partial charge in [-0.1, -0.05) is 114 Å². The van der Waals surface area contributed by atoms with E-state index in [2.05, 4.69) is 62.5 Å². The van der Waals surface area contributed by atoms with E-state index in [-0.39, 0.29) is 38.6 Å². The molecule has 294 valence electrons. The molecular weight excluding hydrogens is 646 g/mol. The molecule has 0 saturated heterocycles. The number of hydrogen-bond acceptors (Lipinski definition) is 7. The van der Waals surface area contributed by atoms with Crippen LogP contribution in [0.4, 0.5) is 0 Å². The lowest BCUT2D eigenvalue weighted by Gasteiger charge is -2.25. The van der Waals surface area contributed by atoms with Crippen molar-refractivity contribution >= 4 is 17.9 Å². The standard InChI is InChI=1S/C42H73NO8/c1-6-8-10-12-14-16-18-19-20-21-23-25-27-29-31-33-40(45)51-38(37-50-42(41(46)47)48-35-34-43(3,4)5)36-49-39(44)32-30-28-26-24-22-17-15-13-11-9-7-2/h8,10,13-16,19-20,38,42H,6-7,9,11-12,17-18,21-37H2,1-5H3/p+1/b10-8-,15-13-,16-14-,20-19-. The van der Waals surface area contributed by atoms with Crippen LogP contribution < -0.4 is 0 Å². The van der Waals surface area contributed by atoms with Gasteiger partial charge < -0.3 is 28.5 Å². The molecule has 0 amide bonds. The maximum atomic E-state index is 12.7. The number of likely N-dealkylation sites (N-methyl/N-ethyl adjacent to an activating group) is 1. The minimum absolute atomic E-state index is 0.181. The number of unbranched alkanes of at least 4 members (excludes halogenated alkanes) is 12. The molecule has 0 heterocycles. The van der Waals surface area contributed by atoms with Gasteiger partial charge in [0.2, 0.25) is 0 Å². The van der Waals surface area contributed by atoms with Crippen LogP contribution in [0.15, 0.2) is 48.6 Å². The zero-order valence-electron chi connectivity index (χ0n) is 33.0. The van der Waals surface area contributed by atoms with E-state index in [1.165, 1.54) is 12.8 Å². The molecule has 9 nitrogen and oxygen atoms in total. The van der Waals surface area contributed by atoms with Crippen molar-refractivity contribution in [3.8, 4) is 0 Å². The summed E-state index contributed by atoms with van der Waals surface area (Å²) in [5.41, 5.74) is 0. The highest BCUT2D eigenvalue weighted by atomic mass is 16.7. The number of allylic oxidation sites excluding steroid dienone is 8. The summed E-state index contributed by atoms with van der Waals surface area (Å²) in [5.74, 6) is -2.05. The zero-order valence-corrected chi connectivity index (χ0v) is 33.0. The zero-order chi connectivity index (χ0) is 37.8. The lowest BCUT2D eigenvalue weighted by atomic mass is 10.1. The van der Waals surface area contributed by atoms with Gasteiger partial charge in [0.15, 0.2) is 6.10 Å². The Balaban J connectivity index is 4.57. The van der Waals surface area contributed by atoms with Crippen molar-refractivity contribution in [3.05, 3.63) is 48.6 Å². The van der Waals surface area contributed by atoms with Crippen molar-refractivity contribution in [1.82, 2.24) is 0 Å². The fourth-order valence-corrected chi connectivity index (χ4v) is 4.95. The number of carboxylic acids is 1. The number of carbonyl (C=O) groups excluding carboxylic acids is 2. The van der Waals surface area contributed by atoms with Crippen molar-refractivity contribution in [2.24, 2.45) is 0 Å². The van der Waals surface area contributed by atoms with E-state index in [0.717, 1.165) is 96.3 Å². The average Bonchev–Trinajstić information content (AvgIpc) is 3.08. The van der Waals surface area contributed by atoms with E-state index in [1.807, 2.05) is 21.1 Å². The molecule has 2 atom stereocenters. The number of rotatable bonds is 35. The van der Waals surface area contributed by atoms with E-state index in [0.29, 0.717) is 17.4 Å². The number of carbonyl (C=O) groups is 3. The van der Waals surface area contributed by atoms with Crippen LogP contribution in [-0.2, 0) is 33.3 Å². The fourth-order valence-electron chi connectivity index (χ4n) is 4.95. The number of nitrogens with zero attached hydrogens (tertiary/aromatic N) is 1. The second-order valence-corrected chi connectivity index (χ2v) is 14.2. The van der Waals surface area contributed by atoms with E-state index in [4.69, 9.17) is 18.9 Å². The van der Waals surface area contributed by atoms with Crippen LogP contribution in [-0.4, -0.2) is 87.4 Å². The van der Waals surface area contributed by atoms with Gasteiger partial charge in [-0.3, -0.25) is 9.59 Å². The molecule has 0 aromatic rings. The van der Waals surface area contributed by atoms with Crippen LogP contribution in [0.3, 0.4) is 0 Å². The molecule has 0 aromatic heterocycles. The summed E-state index contributed by atoms with van der Waals surface area (Å²) < 4.78 is 22.6. The molecule has 0 bridgehead atoms. The molecule has 9 heteroatoms. The first-order valence-corrected chi connectivity index (χ1v) is 19.8. The maximum absolute atomic E-state index is 12.7. The third-order valence-corrected chi connectivity index (χ3v) is 8.07. The molecule has 0 radical (unpaired) electrons. The van der Waals surface area contributed by atoms with Gasteiger partial charge in [-0.15, -0.1) is 0 Å². The summed E-state index contributed by atoms with van der Waals surface area (Å²) in [5, 5.41) is 9.59. The van der Waals surface area contributed by atoms with Gasteiger partial charge in [0, 0.05) is 12.8 Å². The largest absolute Gasteiger partial charge is 0.477 e. The molecule has 0 fully saturated rings. The molecule has 0 saturated carbocycles. The van der Waals surface area contributed by atoms with Gasteiger partial charge in [-0.25, -0.2) is 4.79 Å². The number of ether oxygens (including phenoxy) is 4. The fraction of sp³-hybridized carbons (Fsp3) is 0.738. The van der Waals surface area contributed by atoms with Crippen LogP contribution in [0, 0.1) is 0 Å². The van der Waals surface area contributed by atoms with Crippen molar-refractivity contribution in [3.63, 3.8) is 0 Å². The first-order chi connectivity index (χ1) is 24.6. The van der Waals surface area contributed by atoms with Crippen molar-refractivity contribution in [2.75, 3.05) is 47.5 Å². The first-order valence-electron chi connectivity index (χ1n) is 19.8. The third kappa shape index (κ3) is 35.4. The topological polar surface area (TPSA) is 108 Å². The minimum atomic E-state index is -1.51. The highest BCUT2D eigenvalue weighted by molar-refractivity contribution is 5.71. The number of aliphatic carboxylic acids is 1. The Morgan fingerprint density at radius 1 is 0.608 bits per heavy atom. The molecule has 51 heavy (non-hydrogen) atoms. The number of hydrogen-bond donors (Lipinski definition) is 1. The third-order valence-electron chi connectivity index (χ3n) is 8.07. The minimum Gasteiger partial charge on any atom is -0.477 e. The second kappa shape index (κ2) is 34.3. The smallest absolute Gasteiger partial charge is 0.361 e. The molecule has 0 rings (SSSR count). The van der Waals surface area contributed by atoms with Crippen LogP contribution in [0.2, 0.25) is 0 Å². The van der Waals surface area contributed by atoms with Gasteiger partial charge in [0.05, 0.1) is 34.4 Å².